The molecule has 3 N–H and O–H groups in total. The van der Waals surface area contributed by atoms with Crippen molar-refractivity contribution in [2.24, 2.45) is 0 Å². The van der Waals surface area contributed by atoms with Crippen LogP contribution in [0, 0.1) is 0 Å². The lowest BCUT2D eigenvalue weighted by molar-refractivity contribution is -0.192. The van der Waals surface area contributed by atoms with Crippen molar-refractivity contribution in [1.29, 1.82) is 0 Å². The smallest absolute Gasteiger partial charge is 0.475 e. The fraction of sp³-hybridized carbons (Fsp3) is 0.636. The van der Waals surface area contributed by atoms with Crippen molar-refractivity contribution >= 4 is 34.3 Å². The highest BCUT2D eigenvalue weighted by atomic mass is 35.5. The number of carboxylic acid groups (broad SMARTS) is 1. The van der Waals surface area contributed by atoms with E-state index in [0.717, 1.165) is 62.7 Å². The molecule has 9 nitrogen and oxygen atoms in total. The third-order valence-electron chi connectivity index (χ3n) is 5.82. The van der Waals surface area contributed by atoms with Crippen molar-refractivity contribution in [2.45, 2.75) is 57.0 Å². The maximum absolute atomic E-state index is 12.9. The Balaban J connectivity index is 0.000000712. The highest BCUT2D eigenvalue weighted by molar-refractivity contribution is 7.88. The maximum atomic E-state index is 12.9. The fourth-order valence-electron chi connectivity index (χ4n) is 4.06. The number of rotatable bonds is 7. The first kappa shape index (κ1) is 32.1. The number of carboxylic acids is 1. The van der Waals surface area contributed by atoms with E-state index in [1.165, 1.54) is 0 Å². The van der Waals surface area contributed by atoms with Crippen molar-refractivity contribution in [3.05, 3.63) is 35.4 Å². The Bertz CT molecular complexity index is 963. The maximum Gasteiger partial charge on any atom is 0.490 e. The van der Waals surface area contributed by atoms with Gasteiger partial charge in [0.25, 0.3) is 0 Å². The van der Waals surface area contributed by atoms with Crippen LogP contribution in [0.3, 0.4) is 0 Å². The normalized spacial score (nSPS) is 20.8. The quantitative estimate of drug-likeness (QED) is 0.465. The van der Waals surface area contributed by atoms with Crippen molar-refractivity contribution < 1.29 is 41.4 Å². The third-order valence-corrected chi connectivity index (χ3v) is 6.49. The summed E-state index contributed by atoms with van der Waals surface area (Å²) in [6, 6.07) is 7.74. The number of carbonyl (C=O) groups is 2. The minimum absolute atomic E-state index is 0. The number of nitrogens with zero attached hydrogens (tertiary/aromatic N) is 2. The van der Waals surface area contributed by atoms with Crippen LogP contribution in [0.2, 0.25) is 0 Å². The van der Waals surface area contributed by atoms with E-state index in [1.54, 1.807) is 0 Å². The highest BCUT2D eigenvalue weighted by Crippen LogP contribution is 2.21. The Morgan fingerprint density at radius 1 is 1.08 bits per heavy atom. The minimum atomic E-state index is -5.08. The Hall–Kier alpha value is -1.93. The molecule has 2 heterocycles. The second kappa shape index (κ2) is 14.1. The monoisotopic (exact) mass is 559 g/mol. The molecule has 36 heavy (non-hydrogen) atoms. The number of sulfonamides is 1. The Kier molecular flexibility index (Phi) is 12.6. The molecule has 1 aromatic carbocycles. The molecule has 2 aliphatic rings. The molecular formula is C22H33ClF3N3O6S. The molecule has 206 valence electrons. The van der Waals surface area contributed by atoms with Gasteiger partial charge < -0.3 is 15.1 Å². The number of amides is 1. The van der Waals surface area contributed by atoms with Crippen molar-refractivity contribution in [3.63, 3.8) is 0 Å². The fourth-order valence-corrected chi connectivity index (χ4v) is 4.49. The van der Waals surface area contributed by atoms with Gasteiger partial charge in [0, 0.05) is 38.8 Å². The number of aliphatic hydroxyl groups is 1. The SMILES string of the molecule is CS(=O)(=O)NCc1ccc(CC(=O)N2CCCC[C@H]2CN2CC[C@H](O)C2)cc1.Cl.O=C(O)C(F)(F)F. The summed E-state index contributed by atoms with van der Waals surface area (Å²) in [6.45, 7) is 3.52. The molecule has 2 atom stereocenters. The summed E-state index contributed by atoms with van der Waals surface area (Å²) in [4.78, 5) is 26.1. The molecule has 0 unspecified atom stereocenters. The van der Waals surface area contributed by atoms with Gasteiger partial charge in [-0.15, -0.1) is 12.4 Å². The Morgan fingerprint density at radius 2 is 1.67 bits per heavy atom. The zero-order valence-corrected chi connectivity index (χ0v) is 21.5. The minimum Gasteiger partial charge on any atom is -0.475 e. The van der Waals surface area contributed by atoms with Crippen LogP contribution in [0.25, 0.3) is 0 Å². The molecule has 0 radical (unpaired) electrons. The molecule has 0 aromatic heterocycles. The zero-order chi connectivity index (χ0) is 26.2. The lowest BCUT2D eigenvalue weighted by Gasteiger charge is -2.38. The molecule has 0 saturated carbocycles. The van der Waals surface area contributed by atoms with Gasteiger partial charge in [0.05, 0.1) is 18.8 Å². The standard InChI is InChI=1S/C20H31N3O4S.C2HF3O2.ClH/c1-28(26,27)21-13-17-7-5-16(6-8-17)12-20(25)23-10-3-2-4-18(23)14-22-11-9-19(24)15-22;3-2(4,5)1(6)7;/h5-8,18-19,21,24H,2-4,9-15H2,1H3;(H,6,7);1H/t18-,19-;;/m0../s1. The Labute approximate surface area is 215 Å². The number of β-amino-alcohol motifs (C(OH)–C–C–N with tert-alkyl or cyclic N) is 1. The number of halogens is 4. The highest BCUT2D eigenvalue weighted by Gasteiger charge is 2.38. The van der Waals surface area contributed by atoms with Crippen LogP contribution in [0.1, 0.15) is 36.8 Å². The molecule has 0 aliphatic carbocycles. The van der Waals surface area contributed by atoms with Crippen LogP contribution >= 0.6 is 12.4 Å². The average molecular weight is 560 g/mol. The van der Waals surface area contributed by atoms with Crippen LogP contribution in [0.4, 0.5) is 13.2 Å². The zero-order valence-electron chi connectivity index (χ0n) is 19.9. The lowest BCUT2D eigenvalue weighted by Crippen LogP contribution is -2.49. The number of nitrogens with one attached hydrogen (secondary N) is 1. The second-order valence-electron chi connectivity index (χ2n) is 8.83. The number of alkyl halides is 3. The van der Waals surface area contributed by atoms with Gasteiger partial charge in [-0.1, -0.05) is 24.3 Å². The summed E-state index contributed by atoms with van der Waals surface area (Å²) < 4.78 is 56.6. The number of hydrogen-bond donors (Lipinski definition) is 3. The van der Waals surface area contributed by atoms with E-state index in [0.29, 0.717) is 13.0 Å². The molecule has 2 fully saturated rings. The molecule has 0 spiro atoms. The molecular weight excluding hydrogens is 527 g/mol. The van der Waals surface area contributed by atoms with E-state index < -0.39 is 22.2 Å². The van der Waals surface area contributed by atoms with Gasteiger partial charge in [-0.05, 0) is 36.8 Å². The van der Waals surface area contributed by atoms with Crippen LogP contribution in [-0.2, 0) is 32.6 Å². The van der Waals surface area contributed by atoms with Gasteiger partial charge >= 0.3 is 12.1 Å². The van der Waals surface area contributed by atoms with Crippen LogP contribution in [0.5, 0.6) is 0 Å². The van der Waals surface area contributed by atoms with Crippen LogP contribution in [-0.4, -0.2) is 91.1 Å². The van der Waals surface area contributed by atoms with Gasteiger partial charge in [0.1, 0.15) is 0 Å². The largest absolute Gasteiger partial charge is 0.490 e. The summed E-state index contributed by atoms with van der Waals surface area (Å²) >= 11 is 0. The third kappa shape index (κ3) is 11.4. The van der Waals surface area contributed by atoms with Gasteiger partial charge in [0.15, 0.2) is 0 Å². The molecule has 3 rings (SSSR count). The first-order valence-electron chi connectivity index (χ1n) is 11.3. The van der Waals surface area contributed by atoms with E-state index in [2.05, 4.69) is 9.62 Å². The average Bonchev–Trinajstić information content (AvgIpc) is 3.17. The van der Waals surface area contributed by atoms with Crippen molar-refractivity contribution in [3.8, 4) is 0 Å². The van der Waals surface area contributed by atoms with Crippen LogP contribution in [0.15, 0.2) is 24.3 Å². The molecule has 1 amide bonds. The van der Waals surface area contributed by atoms with Gasteiger partial charge in [0.2, 0.25) is 15.9 Å². The van der Waals surface area contributed by atoms with Crippen LogP contribution < -0.4 is 4.72 Å². The van der Waals surface area contributed by atoms with E-state index in [1.807, 2.05) is 29.2 Å². The van der Waals surface area contributed by atoms with Gasteiger partial charge in [-0.25, -0.2) is 17.9 Å². The van der Waals surface area contributed by atoms with Gasteiger partial charge in [-0.3, -0.25) is 9.69 Å². The first-order chi connectivity index (χ1) is 16.2. The number of benzene rings is 1. The molecule has 2 aliphatic heterocycles. The number of aliphatic carboxylic acids is 1. The lowest BCUT2D eigenvalue weighted by atomic mass is 10.00. The molecule has 14 heteroatoms. The molecule has 2 saturated heterocycles. The summed E-state index contributed by atoms with van der Waals surface area (Å²) in [5.74, 6) is -2.61. The summed E-state index contributed by atoms with van der Waals surface area (Å²) in [5, 5.41) is 16.9. The molecule has 1 aromatic rings. The van der Waals surface area contributed by atoms with E-state index >= 15 is 0 Å². The number of carbonyl (C=O) groups excluding carboxylic acids is 1. The van der Waals surface area contributed by atoms with E-state index in [-0.39, 0.29) is 37.0 Å². The number of aliphatic hydroxyl groups excluding tert-OH is 1. The Morgan fingerprint density at radius 3 is 2.17 bits per heavy atom. The number of likely N-dealkylation sites (tertiary alicyclic amines) is 2. The second-order valence-corrected chi connectivity index (χ2v) is 10.7. The summed E-state index contributed by atoms with van der Waals surface area (Å²) in [5.41, 5.74) is 1.80. The number of hydrogen-bond acceptors (Lipinski definition) is 6. The van der Waals surface area contributed by atoms with E-state index in [4.69, 9.17) is 9.90 Å². The van der Waals surface area contributed by atoms with Crippen molar-refractivity contribution in [1.82, 2.24) is 14.5 Å². The predicted octanol–water partition coefficient (Wildman–Crippen LogP) is 1.78. The predicted molar refractivity (Wildman–Crippen MR) is 129 cm³/mol. The molecule has 0 bridgehead atoms. The van der Waals surface area contributed by atoms with E-state index in [9.17, 15) is 31.5 Å². The van der Waals surface area contributed by atoms with Crippen molar-refractivity contribution in [2.75, 3.05) is 32.4 Å². The summed E-state index contributed by atoms with van der Waals surface area (Å²) in [7, 11) is -3.22. The summed E-state index contributed by atoms with van der Waals surface area (Å²) in [6.07, 6.45) is 0.212. The first-order valence-corrected chi connectivity index (χ1v) is 13.2. The number of piperidine rings is 1. The topological polar surface area (TPSA) is 127 Å². The van der Waals surface area contributed by atoms with Gasteiger partial charge in [-0.2, -0.15) is 13.2 Å².